The minimum Gasteiger partial charge on any atom is -0.324 e. The molecule has 9 heavy (non-hydrogen) atoms. The highest BCUT2D eigenvalue weighted by molar-refractivity contribution is 7.93. The lowest BCUT2D eigenvalue weighted by Gasteiger charge is -1.86. The van der Waals surface area contributed by atoms with Crippen LogP contribution in [0, 0.1) is 0 Å². The lowest BCUT2D eigenvalue weighted by Crippen LogP contribution is -1.72. The Morgan fingerprint density at radius 2 is 2.22 bits per heavy atom. The van der Waals surface area contributed by atoms with E-state index in [2.05, 4.69) is 4.98 Å². The predicted molar refractivity (Wildman–Crippen MR) is 40.0 cm³/mol. The molecule has 0 bridgehead atoms. The number of hydrogen-bond donors (Lipinski definition) is 1. The summed E-state index contributed by atoms with van der Waals surface area (Å²) in [5.41, 5.74) is 0. The molecule has 4 heteroatoms. The molecule has 1 heterocycles. The molecule has 0 saturated carbocycles. The first-order valence-corrected chi connectivity index (χ1v) is 2.93. The maximum Gasteiger partial charge on any atom is 0.123 e. The number of nitrogens with zero attached hydrogens (tertiary/aromatic N) is 1. The first-order valence-electron chi connectivity index (χ1n) is 2.16. The second-order valence-corrected chi connectivity index (χ2v) is 1.86. The van der Waals surface area contributed by atoms with E-state index in [1.165, 1.54) is 0 Å². The molecule has 1 aromatic heterocycles. The van der Waals surface area contributed by atoms with E-state index in [1.54, 1.807) is 18.3 Å². The minimum atomic E-state index is 0. The average Bonchev–Trinajstić information content (AvgIpc) is 1.90. The van der Waals surface area contributed by atoms with E-state index in [0.29, 0.717) is 17.1 Å². The molecule has 0 atom stereocenters. The van der Waals surface area contributed by atoms with E-state index in [-0.39, 0.29) is 12.4 Å². The molecule has 2 nitrogen and oxygen atoms in total. The number of halogens is 1. The van der Waals surface area contributed by atoms with Crippen molar-refractivity contribution in [3.8, 4) is 0 Å². The second kappa shape index (κ2) is 4.61. The zero-order chi connectivity index (χ0) is 5.82. The van der Waals surface area contributed by atoms with Crippen molar-refractivity contribution in [1.29, 1.82) is 0 Å². The van der Waals surface area contributed by atoms with Crippen molar-refractivity contribution in [3.05, 3.63) is 24.4 Å². The summed E-state index contributed by atoms with van der Waals surface area (Å²) in [5, 5.41) is 0.632. The molecule has 0 spiro atoms. The molecule has 1 N–H and O–H groups in total. The smallest absolute Gasteiger partial charge is 0.123 e. The van der Waals surface area contributed by atoms with Gasteiger partial charge in [0.25, 0.3) is 0 Å². The summed E-state index contributed by atoms with van der Waals surface area (Å²) < 4.78 is 8.39. The number of pyridine rings is 1. The first-order chi connectivity index (χ1) is 3.93. The molecule has 1 aromatic rings. The van der Waals surface area contributed by atoms with Gasteiger partial charge in [0.15, 0.2) is 0 Å². The molecule has 50 valence electrons. The van der Waals surface area contributed by atoms with Crippen molar-refractivity contribution in [1.82, 2.24) is 4.98 Å². The van der Waals surface area contributed by atoms with Crippen molar-refractivity contribution >= 4 is 24.4 Å². The lowest BCUT2D eigenvalue weighted by atomic mass is 10.5. The van der Waals surface area contributed by atoms with Crippen LogP contribution in [0.1, 0.15) is 0 Å². The van der Waals surface area contributed by atoms with E-state index in [1.807, 2.05) is 6.07 Å². The Balaban J connectivity index is 0.000000640. The first kappa shape index (κ1) is 8.75. The molecular weight excluding hydrogens is 158 g/mol. The van der Waals surface area contributed by atoms with Gasteiger partial charge in [-0.25, -0.2) is 4.98 Å². The van der Waals surface area contributed by atoms with Crippen LogP contribution in [0.3, 0.4) is 0 Å². The highest BCUT2D eigenvalue weighted by Gasteiger charge is 1.84. The quantitative estimate of drug-likeness (QED) is 0.644. The van der Waals surface area contributed by atoms with Crippen molar-refractivity contribution in [2.45, 2.75) is 5.03 Å². The summed E-state index contributed by atoms with van der Waals surface area (Å²) >= 11 is 0.658. The molecule has 0 fully saturated rings. The fourth-order valence-electron chi connectivity index (χ4n) is 0.401. The van der Waals surface area contributed by atoms with Gasteiger partial charge in [-0.1, -0.05) is 6.07 Å². The Hall–Kier alpha value is -0.250. The van der Waals surface area contributed by atoms with Gasteiger partial charge in [0, 0.05) is 18.2 Å². The maximum absolute atomic E-state index is 8.39. The summed E-state index contributed by atoms with van der Waals surface area (Å²) in [6.07, 6.45) is 1.64. The Labute approximate surface area is 63.9 Å². The zero-order valence-electron chi connectivity index (χ0n) is 4.52. The number of hydrogen-bond acceptors (Lipinski definition) is 3. The van der Waals surface area contributed by atoms with Crippen molar-refractivity contribution in [2.24, 2.45) is 0 Å². The predicted octanol–water partition coefficient (Wildman–Crippen LogP) is 2.07. The van der Waals surface area contributed by atoms with E-state index in [4.69, 9.17) is 4.55 Å². The van der Waals surface area contributed by atoms with E-state index >= 15 is 0 Å². The molecule has 0 amide bonds. The van der Waals surface area contributed by atoms with E-state index in [9.17, 15) is 0 Å². The Kier molecular flexibility index (Phi) is 4.48. The van der Waals surface area contributed by atoms with Crippen LogP contribution in [0.15, 0.2) is 29.4 Å². The van der Waals surface area contributed by atoms with Gasteiger partial charge < -0.3 is 4.55 Å². The zero-order valence-corrected chi connectivity index (χ0v) is 6.15. The third-order valence-corrected chi connectivity index (χ3v) is 1.16. The van der Waals surface area contributed by atoms with Crippen LogP contribution in [0.25, 0.3) is 0 Å². The van der Waals surface area contributed by atoms with Crippen molar-refractivity contribution < 1.29 is 4.55 Å². The molecule has 1 rings (SSSR count). The highest BCUT2D eigenvalue weighted by atomic mass is 35.5. The van der Waals surface area contributed by atoms with Crippen LogP contribution in [0.4, 0.5) is 0 Å². The van der Waals surface area contributed by atoms with Crippen LogP contribution in [-0.2, 0) is 0 Å². The molecule has 0 aromatic carbocycles. The van der Waals surface area contributed by atoms with Gasteiger partial charge in [0.2, 0.25) is 0 Å². The number of rotatable bonds is 1. The summed E-state index contributed by atoms with van der Waals surface area (Å²) in [6, 6.07) is 5.37. The number of aromatic nitrogens is 1. The maximum atomic E-state index is 8.39. The Bertz CT molecular complexity index is 158. The van der Waals surface area contributed by atoms with Gasteiger partial charge in [0.1, 0.15) is 5.03 Å². The molecule has 0 aliphatic carbocycles. The van der Waals surface area contributed by atoms with Gasteiger partial charge in [-0.05, 0) is 12.1 Å². The molecule has 0 aliphatic rings. The highest BCUT2D eigenvalue weighted by Crippen LogP contribution is 2.06. The van der Waals surface area contributed by atoms with Gasteiger partial charge >= 0.3 is 0 Å². The van der Waals surface area contributed by atoms with Crippen LogP contribution in [-0.4, -0.2) is 9.54 Å². The molecule has 0 aliphatic heterocycles. The fraction of sp³-hybridized carbons (Fsp3) is 0. The second-order valence-electron chi connectivity index (χ2n) is 1.26. The Morgan fingerprint density at radius 3 is 2.56 bits per heavy atom. The van der Waals surface area contributed by atoms with Gasteiger partial charge in [-0.3, -0.25) is 0 Å². The summed E-state index contributed by atoms with van der Waals surface area (Å²) in [5.74, 6) is 0. The largest absolute Gasteiger partial charge is 0.324 e. The normalized spacial score (nSPS) is 8.11. The molecular formula is C5H6ClNOS. The molecule has 0 unspecified atom stereocenters. The lowest BCUT2D eigenvalue weighted by molar-refractivity contribution is 0.660. The SMILES string of the molecule is Cl.OSc1ccccn1. The topological polar surface area (TPSA) is 33.1 Å². The molecule has 0 radical (unpaired) electrons. The van der Waals surface area contributed by atoms with Crippen molar-refractivity contribution in [2.75, 3.05) is 0 Å². The Morgan fingerprint density at radius 1 is 1.44 bits per heavy atom. The summed E-state index contributed by atoms with van der Waals surface area (Å²) in [7, 11) is 0. The monoisotopic (exact) mass is 163 g/mol. The van der Waals surface area contributed by atoms with Crippen LogP contribution < -0.4 is 0 Å². The van der Waals surface area contributed by atoms with Crippen molar-refractivity contribution in [3.63, 3.8) is 0 Å². The van der Waals surface area contributed by atoms with Gasteiger partial charge in [-0.2, -0.15) is 0 Å². The van der Waals surface area contributed by atoms with E-state index in [0.717, 1.165) is 0 Å². The van der Waals surface area contributed by atoms with Crippen LogP contribution in [0.2, 0.25) is 0 Å². The van der Waals surface area contributed by atoms with Gasteiger partial charge in [0.05, 0.1) is 0 Å². The third kappa shape index (κ3) is 2.70. The van der Waals surface area contributed by atoms with Crippen LogP contribution >= 0.6 is 24.4 Å². The summed E-state index contributed by atoms with van der Waals surface area (Å²) in [6.45, 7) is 0. The van der Waals surface area contributed by atoms with Crippen LogP contribution in [0.5, 0.6) is 0 Å². The molecule has 0 saturated heterocycles. The standard InChI is InChI=1S/C5H5NOS.ClH/c7-8-5-3-1-2-4-6-5;/h1-4,7H;1H. The fourth-order valence-corrected chi connectivity index (χ4v) is 0.649. The summed E-state index contributed by atoms with van der Waals surface area (Å²) in [4.78, 5) is 3.81. The average molecular weight is 164 g/mol. The van der Waals surface area contributed by atoms with E-state index < -0.39 is 0 Å². The minimum absolute atomic E-state index is 0. The third-order valence-electron chi connectivity index (χ3n) is 0.731. The van der Waals surface area contributed by atoms with Gasteiger partial charge in [-0.15, -0.1) is 12.4 Å².